The Balaban J connectivity index is 2.17. The number of rotatable bonds is 4. The zero-order valence-corrected chi connectivity index (χ0v) is 12.9. The standard InChI is InChI=1S/C14H20N4O5/c1-6-16-12-9(13(17-6)22-2)7(3-15)4-18(12)14-11(21)10(20)8(5-19)23-14/h4,8,10-11,14,19-21H,3,5,15H2,1-2H3/t8-,10-,11-,14-/m1/s1. The zero-order valence-electron chi connectivity index (χ0n) is 12.9. The minimum absolute atomic E-state index is 0.223. The number of nitrogens with two attached hydrogens (primary N) is 1. The average molecular weight is 324 g/mol. The Hall–Kier alpha value is -1.78. The molecule has 126 valence electrons. The Kier molecular flexibility index (Phi) is 4.21. The molecule has 0 amide bonds. The quantitative estimate of drug-likeness (QED) is 0.552. The summed E-state index contributed by atoms with van der Waals surface area (Å²) in [7, 11) is 1.51. The molecule has 0 spiro atoms. The SMILES string of the molecule is COc1nc(C)nc2c1c(CN)cn2[C@@H]1O[C@H](CO)[C@@H](O)[C@H]1O. The van der Waals surface area contributed by atoms with Gasteiger partial charge in [-0.05, 0) is 12.5 Å². The number of fused-ring (bicyclic) bond motifs is 1. The van der Waals surface area contributed by atoms with E-state index in [0.29, 0.717) is 22.7 Å². The number of aliphatic hydroxyl groups excluding tert-OH is 3. The number of hydrogen-bond acceptors (Lipinski definition) is 8. The van der Waals surface area contributed by atoms with E-state index in [0.717, 1.165) is 5.56 Å². The van der Waals surface area contributed by atoms with E-state index < -0.39 is 31.1 Å². The Morgan fingerprint density at radius 1 is 1.35 bits per heavy atom. The summed E-state index contributed by atoms with van der Waals surface area (Å²) in [5, 5.41) is 30.1. The van der Waals surface area contributed by atoms with Crippen LogP contribution in [0.25, 0.3) is 11.0 Å². The largest absolute Gasteiger partial charge is 0.480 e. The summed E-state index contributed by atoms with van der Waals surface area (Å²) in [5.74, 6) is 0.877. The van der Waals surface area contributed by atoms with Crippen molar-refractivity contribution in [2.24, 2.45) is 5.73 Å². The van der Waals surface area contributed by atoms with Gasteiger partial charge in [0.05, 0.1) is 19.1 Å². The second-order valence-electron chi connectivity index (χ2n) is 5.47. The summed E-state index contributed by atoms with van der Waals surface area (Å²) in [6, 6.07) is 0. The van der Waals surface area contributed by atoms with Gasteiger partial charge in [0.2, 0.25) is 5.88 Å². The molecule has 9 nitrogen and oxygen atoms in total. The van der Waals surface area contributed by atoms with Gasteiger partial charge < -0.3 is 35.1 Å². The number of aryl methyl sites for hydroxylation is 1. The van der Waals surface area contributed by atoms with Gasteiger partial charge in [-0.1, -0.05) is 0 Å². The number of nitrogens with zero attached hydrogens (tertiary/aromatic N) is 3. The molecule has 0 saturated carbocycles. The summed E-state index contributed by atoms with van der Waals surface area (Å²) in [6.45, 7) is 1.55. The maximum Gasteiger partial charge on any atom is 0.226 e. The molecule has 1 aliphatic heterocycles. The molecule has 3 rings (SSSR count). The molecule has 0 bridgehead atoms. The lowest BCUT2D eigenvalue weighted by atomic mass is 10.1. The van der Waals surface area contributed by atoms with Crippen molar-refractivity contribution in [2.45, 2.75) is 38.0 Å². The Morgan fingerprint density at radius 3 is 2.65 bits per heavy atom. The average Bonchev–Trinajstić information content (AvgIpc) is 3.05. The number of aromatic nitrogens is 3. The van der Waals surface area contributed by atoms with Crippen LogP contribution in [0.4, 0.5) is 0 Å². The summed E-state index contributed by atoms with van der Waals surface area (Å²) in [4.78, 5) is 8.63. The van der Waals surface area contributed by atoms with Crippen LogP contribution in [0.2, 0.25) is 0 Å². The van der Waals surface area contributed by atoms with E-state index in [4.69, 9.17) is 15.2 Å². The predicted molar refractivity (Wildman–Crippen MR) is 79.7 cm³/mol. The molecular weight excluding hydrogens is 304 g/mol. The molecule has 3 heterocycles. The molecular formula is C14H20N4O5. The summed E-state index contributed by atoms with van der Waals surface area (Å²) in [5.41, 5.74) is 7.01. The van der Waals surface area contributed by atoms with Crippen LogP contribution >= 0.6 is 0 Å². The molecule has 9 heteroatoms. The van der Waals surface area contributed by atoms with E-state index in [1.165, 1.54) is 7.11 Å². The van der Waals surface area contributed by atoms with Crippen molar-refractivity contribution in [1.82, 2.24) is 14.5 Å². The monoisotopic (exact) mass is 324 g/mol. The summed E-state index contributed by atoms with van der Waals surface area (Å²) >= 11 is 0. The molecule has 0 aliphatic carbocycles. The highest BCUT2D eigenvalue weighted by atomic mass is 16.6. The Labute approximate surface area is 132 Å². The number of ether oxygens (including phenoxy) is 2. The number of methoxy groups -OCH3 is 1. The molecule has 1 fully saturated rings. The van der Waals surface area contributed by atoms with Gasteiger partial charge in [-0.2, -0.15) is 4.98 Å². The maximum atomic E-state index is 10.2. The first-order chi connectivity index (χ1) is 11.0. The van der Waals surface area contributed by atoms with Crippen molar-refractivity contribution >= 4 is 11.0 Å². The number of hydrogen-bond donors (Lipinski definition) is 4. The van der Waals surface area contributed by atoms with Gasteiger partial charge in [0.15, 0.2) is 6.23 Å². The fourth-order valence-corrected chi connectivity index (χ4v) is 2.90. The first kappa shape index (κ1) is 16.1. The minimum atomic E-state index is -1.20. The van der Waals surface area contributed by atoms with Crippen molar-refractivity contribution in [3.05, 3.63) is 17.6 Å². The highest BCUT2D eigenvalue weighted by molar-refractivity contribution is 5.85. The van der Waals surface area contributed by atoms with Gasteiger partial charge in [-0.25, -0.2) is 4.98 Å². The molecule has 2 aromatic rings. The summed E-state index contributed by atoms with van der Waals surface area (Å²) < 4.78 is 12.5. The summed E-state index contributed by atoms with van der Waals surface area (Å²) in [6.07, 6.45) is -2.44. The van der Waals surface area contributed by atoms with Crippen LogP contribution < -0.4 is 10.5 Å². The topological polar surface area (TPSA) is 136 Å². The highest BCUT2D eigenvalue weighted by Crippen LogP contribution is 2.35. The molecule has 0 aromatic carbocycles. The maximum absolute atomic E-state index is 10.2. The molecule has 4 atom stereocenters. The van der Waals surface area contributed by atoms with Gasteiger partial charge in [0.1, 0.15) is 29.8 Å². The van der Waals surface area contributed by atoms with Gasteiger partial charge in [0.25, 0.3) is 0 Å². The van der Waals surface area contributed by atoms with Gasteiger partial charge in [0, 0.05) is 12.7 Å². The van der Waals surface area contributed by atoms with Crippen LogP contribution in [0.3, 0.4) is 0 Å². The van der Waals surface area contributed by atoms with Crippen LogP contribution in [0.1, 0.15) is 17.6 Å². The van der Waals surface area contributed by atoms with Crippen LogP contribution in [0.5, 0.6) is 5.88 Å². The minimum Gasteiger partial charge on any atom is -0.480 e. The third-order valence-electron chi connectivity index (χ3n) is 4.03. The second kappa shape index (κ2) is 6.02. The van der Waals surface area contributed by atoms with Gasteiger partial charge >= 0.3 is 0 Å². The lowest BCUT2D eigenvalue weighted by Crippen LogP contribution is -2.33. The molecule has 1 aliphatic rings. The molecule has 1 saturated heterocycles. The molecule has 0 radical (unpaired) electrons. The molecule has 0 unspecified atom stereocenters. The van der Waals surface area contributed by atoms with Gasteiger partial charge in [-0.15, -0.1) is 0 Å². The predicted octanol–water partition coefficient (Wildman–Crippen LogP) is -1.18. The van der Waals surface area contributed by atoms with Crippen LogP contribution in [0, 0.1) is 6.92 Å². The Morgan fingerprint density at radius 2 is 2.09 bits per heavy atom. The zero-order chi connectivity index (χ0) is 16.7. The van der Waals surface area contributed by atoms with E-state index in [1.54, 1.807) is 17.7 Å². The van der Waals surface area contributed by atoms with E-state index in [-0.39, 0.29) is 6.54 Å². The first-order valence-corrected chi connectivity index (χ1v) is 7.26. The molecule has 23 heavy (non-hydrogen) atoms. The van der Waals surface area contributed by atoms with E-state index in [2.05, 4.69) is 9.97 Å². The van der Waals surface area contributed by atoms with E-state index >= 15 is 0 Å². The van der Waals surface area contributed by atoms with Crippen molar-refractivity contribution in [2.75, 3.05) is 13.7 Å². The van der Waals surface area contributed by atoms with Crippen molar-refractivity contribution in [1.29, 1.82) is 0 Å². The van der Waals surface area contributed by atoms with E-state index in [1.807, 2.05) is 0 Å². The third-order valence-corrected chi connectivity index (χ3v) is 4.03. The van der Waals surface area contributed by atoms with Crippen molar-refractivity contribution in [3.63, 3.8) is 0 Å². The van der Waals surface area contributed by atoms with Crippen LogP contribution in [-0.4, -0.2) is 61.9 Å². The lowest BCUT2D eigenvalue weighted by molar-refractivity contribution is -0.0509. The van der Waals surface area contributed by atoms with Crippen molar-refractivity contribution in [3.8, 4) is 5.88 Å². The van der Waals surface area contributed by atoms with Crippen LogP contribution in [-0.2, 0) is 11.3 Å². The van der Waals surface area contributed by atoms with Crippen LogP contribution in [0.15, 0.2) is 6.20 Å². The highest BCUT2D eigenvalue weighted by Gasteiger charge is 2.44. The lowest BCUT2D eigenvalue weighted by Gasteiger charge is -2.17. The Bertz CT molecular complexity index is 719. The van der Waals surface area contributed by atoms with E-state index in [9.17, 15) is 15.3 Å². The van der Waals surface area contributed by atoms with Crippen molar-refractivity contribution < 1.29 is 24.8 Å². The first-order valence-electron chi connectivity index (χ1n) is 7.26. The van der Waals surface area contributed by atoms with Gasteiger partial charge in [-0.3, -0.25) is 0 Å². The fraction of sp³-hybridized carbons (Fsp3) is 0.571. The second-order valence-corrected chi connectivity index (χ2v) is 5.47. The smallest absolute Gasteiger partial charge is 0.226 e. The molecule has 2 aromatic heterocycles. The third kappa shape index (κ3) is 2.46. The number of aliphatic hydroxyl groups is 3. The normalized spacial score (nSPS) is 27.7. The molecule has 5 N–H and O–H groups in total. The fourth-order valence-electron chi connectivity index (χ4n) is 2.90.